The highest BCUT2D eigenvalue weighted by Crippen LogP contribution is 2.38. The molecule has 4 aromatic rings. The molecule has 1 aliphatic heterocycles. The van der Waals surface area contributed by atoms with Gasteiger partial charge in [-0.25, -0.2) is 14.2 Å². The molecule has 0 spiro atoms. The third kappa shape index (κ3) is 5.66. The normalized spacial score (nSPS) is 14.9. The van der Waals surface area contributed by atoms with Crippen molar-refractivity contribution in [2.24, 2.45) is 0 Å². The summed E-state index contributed by atoms with van der Waals surface area (Å²) < 4.78 is 17.1. The van der Waals surface area contributed by atoms with Gasteiger partial charge in [0.05, 0.1) is 22.7 Å². The van der Waals surface area contributed by atoms with Crippen LogP contribution >= 0.6 is 23.4 Å². The van der Waals surface area contributed by atoms with E-state index in [9.17, 15) is 29.5 Å². The van der Waals surface area contributed by atoms with Crippen LogP contribution in [0, 0.1) is 17.1 Å². The Balaban J connectivity index is 1.16. The van der Waals surface area contributed by atoms with Gasteiger partial charge >= 0.3 is 5.97 Å². The van der Waals surface area contributed by atoms with Crippen LogP contribution in [0.2, 0.25) is 5.02 Å². The van der Waals surface area contributed by atoms with Crippen LogP contribution in [0.4, 0.5) is 10.1 Å². The first-order valence-corrected chi connectivity index (χ1v) is 15.1. The molecule has 1 aliphatic carbocycles. The Morgan fingerprint density at radius 3 is 2.57 bits per heavy atom. The fourth-order valence-electron chi connectivity index (χ4n) is 5.30. The molecule has 1 saturated heterocycles. The third-order valence-corrected chi connectivity index (χ3v) is 8.78. The molecule has 14 heteroatoms. The molecule has 2 aromatic carbocycles. The summed E-state index contributed by atoms with van der Waals surface area (Å²) in [6.45, 7) is 1.31. The van der Waals surface area contributed by atoms with Gasteiger partial charge in [-0.2, -0.15) is 5.26 Å². The van der Waals surface area contributed by atoms with Gasteiger partial charge < -0.3 is 24.5 Å². The minimum Gasteiger partial charge on any atom is -0.477 e. The maximum absolute atomic E-state index is 15.3. The van der Waals surface area contributed by atoms with E-state index in [1.807, 2.05) is 6.07 Å². The molecule has 2 fully saturated rings. The van der Waals surface area contributed by atoms with Gasteiger partial charge in [-0.05, 0) is 37.1 Å². The van der Waals surface area contributed by atoms with Gasteiger partial charge in [0.15, 0.2) is 5.16 Å². The lowest BCUT2D eigenvalue weighted by Crippen LogP contribution is -2.49. The average Bonchev–Trinajstić information content (AvgIpc) is 3.85. The average molecular weight is 635 g/mol. The van der Waals surface area contributed by atoms with Crippen LogP contribution in [0.15, 0.2) is 57.3 Å². The van der Waals surface area contributed by atoms with E-state index in [0.29, 0.717) is 42.3 Å². The Labute approximate surface area is 258 Å². The molecule has 0 unspecified atom stereocenters. The zero-order chi connectivity index (χ0) is 31.1. The monoisotopic (exact) mass is 634 g/mol. The number of halogens is 2. The number of carbonyl (C=O) groups is 2. The molecule has 2 N–H and O–H groups in total. The van der Waals surface area contributed by atoms with Crippen LogP contribution in [0.3, 0.4) is 0 Å². The quantitative estimate of drug-likeness (QED) is 0.228. The van der Waals surface area contributed by atoms with Gasteiger partial charge in [0.2, 0.25) is 11.3 Å². The highest BCUT2D eigenvalue weighted by Gasteiger charge is 2.29. The molecule has 3 heterocycles. The Bertz CT molecular complexity index is 2000. The number of pyridine rings is 1. The second-order valence-corrected chi connectivity index (χ2v) is 11.9. The van der Waals surface area contributed by atoms with Crippen molar-refractivity contribution in [3.05, 3.63) is 85.1 Å². The topological polar surface area (TPSA) is 152 Å². The van der Waals surface area contributed by atoms with Crippen LogP contribution in [0.1, 0.15) is 34.8 Å². The summed E-state index contributed by atoms with van der Waals surface area (Å²) in [6, 6.07) is 11.3. The van der Waals surface area contributed by atoms with Crippen LogP contribution in [-0.2, 0) is 4.79 Å². The van der Waals surface area contributed by atoms with Crippen LogP contribution < -0.4 is 15.9 Å². The molecule has 44 heavy (non-hydrogen) atoms. The van der Waals surface area contributed by atoms with Crippen molar-refractivity contribution >= 4 is 51.8 Å². The second-order valence-electron chi connectivity index (χ2n) is 10.5. The number of carbonyl (C=O) groups excluding carboxylic acids is 1. The molecular formula is C30H24ClFN6O5S. The highest BCUT2D eigenvalue weighted by molar-refractivity contribution is 7.99. The van der Waals surface area contributed by atoms with E-state index in [-0.39, 0.29) is 50.8 Å². The van der Waals surface area contributed by atoms with Crippen molar-refractivity contribution in [2.45, 2.75) is 24.0 Å². The predicted octanol–water partition coefficient (Wildman–Crippen LogP) is 3.89. The van der Waals surface area contributed by atoms with E-state index < -0.39 is 22.8 Å². The first-order chi connectivity index (χ1) is 21.1. The molecule has 0 radical (unpaired) electrons. The maximum atomic E-state index is 15.3. The van der Waals surface area contributed by atoms with Crippen molar-refractivity contribution in [1.82, 2.24) is 19.4 Å². The summed E-state index contributed by atoms with van der Waals surface area (Å²) in [6.07, 6.45) is 3.03. The largest absolute Gasteiger partial charge is 0.477 e. The number of hydrogen-bond acceptors (Lipinski definition) is 8. The minimum absolute atomic E-state index is 0.0201. The van der Waals surface area contributed by atoms with Crippen LogP contribution in [0.25, 0.3) is 22.2 Å². The number of fused-ring (bicyclic) bond motifs is 1. The molecule has 1 amide bonds. The van der Waals surface area contributed by atoms with E-state index in [1.165, 1.54) is 6.20 Å². The lowest BCUT2D eigenvalue weighted by Gasteiger charge is -2.36. The first-order valence-electron chi connectivity index (χ1n) is 13.7. The summed E-state index contributed by atoms with van der Waals surface area (Å²) in [5.41, 5.74) is -0.448. The van der Waals surface area contributed by atoms with Crippen molar-refractivity contribution in [1.29, 1.82) is 5.26 Å². The molecule has 2 aromatic heterocycles. The van der Waals surface area contributed by atoms with Crippen LogP contribution in [0.5, 0.6) is 0 Å². The number of carboxylic acids is 1. The number of aromatic amines is 1. The number of H-pyrrole nitrogens is 1. The van der Waals surface area contributed by atoms with Gasteiger partial charge in [-0.3, -0.25) is 14.4 Å². The number of nitrogens with zero attached hydrogens (tertiary/aromatic N) is 5. The fourth-order valence-corrected chi connectivity index (χ4v) is 6.25. The van der Waals surface area contributed by atoms with Crippen molar-refractivity contribution in [3.63, 3.8) is 0 Å². The summed E-state index contributed by atoms with van der Waals surface area (Å²) >= 11 is 7.11. The number of rotatable bonds is 7. The standard InChI is InChI=1S/C30H24ClFN6O5S/c31-17-3-1-2-16(10-17)26-20(13-33)28(41)35-30(34-26)44-15-25(39)37-8-6-36(7-9-37)24-12-23-19(11-22(24)32)27(40)21(29(42)43)14-38(23)18-4-5-18/h1-3,10-12,14,18H,4-9,15H2,(H,42,43)(H,34,35,41). The van der Waals surface area contributed by atoms with E-state index in [1.54, 1.807) is 44.7 Å². The Morgan fingerprint density at radius 1 is 1.16 bits per heavy atom. The van der Waals surface area contributed by atoms with Crippen molar-refractivity contribution in [2.75, 3.05) is 36.8 Å². The van der Waals surface area contributed by atoms with E-state index in [4.69, 9.17) is 11.6 Å². The molecule has 6 rings (SSSR count). The number of piperazine rings is 1. The van der Waals surface area contributed by atoms with Gasteiger partial charge in [0.25, 0.3) is 5.56 Å². The molecule has 0 atom stereocenters. The Hall–Kier alpha value is -4.67. The summed E-state index contributed by atoms with van der Waals surface area (Å²) in [4.78, 5) is 60.4. The third-order valence-electron chi connectivity index (χ3n) is 7.68. The van der Waals surface area contributed by atoms with Crippen molar-refractivity contribution in [3.8, 4) is 17.3 Å². The van der Waals surface area contributed by atoms with Gasteiger partial charge in [0.1, 0.15) is 23.0 Å². The SMILES string of the molecule is N#Cc1c(-c2cccc(Cl)c2)nc(SCC(=O)N2CCN(c3cc4c(cc3F)c(=O)c(C(=O)O)cn4C3CC3)CC2)[nH]c1=O. The van der Waals surface area contributed by atoms with E-state index in [0.717, 1.165) is 30.7 Å². The number of aromatic carboxylic acids is 1. The molecular weight excluding hydrogens is 611 g/mol. The number of amides is 1. The fraction of sp³-hybridized carbons (Fsp3) is 0.267. The van der Waals surface area contributed by atoms with E-state index in [2.05, 4.69) is 9.97 Å². The number of nitriles is 1. The number of benzene rings is 2. The summed E-state index contributed by atoms with van der Waals surface area (Å²) in [5, 5.41) is 19.6. The highest BCUT2D eigenvalue weighted by atomic mass is 35.5. The van der Waals surface area contributed by atoms with E-state index >= 15 is 4.39 Å². The molecule has 1 saturated carbocycles. The molecule has 0 bridgehead atoms. The smallest absolute Gasteiger partial charge is 0.341 e. The molecule has 2 aliphatic rings. The number of hydrogen-bond donors (Lipinski definition) is 2. The van der Waals surface area contributed by atoms with Crippen molar-refractivity contribution < 1.29 is 19.1 Å². The molecule has 11 nitrogen and oxygen atoms in total. The zero-order valence-corrected chi connectivity index (χ0v) is 24.6. The van der Waals surface area contributed by atoms with Gasteiger partial charge in [-0.15, -0.1) is 0 Å². The lowest BCUT2D eigenvalue weighted by atomic mass is 10.1. The second kappa shape index (κ2) is 11.8. The maximum Gasteiger partial charge on any atom is 0.341 e. The number of carboxylic acid groups (broad SMARTS) is 1. The Morgan fingerprint density at radius 2 is 1.91 bits per heavy atom. The minimum atomic E-state index is -1.35. The summed E-state index contributed by atoms with van der Waals surface area (Å²) in [5.74, 6) is -2.21. The Kier molecular flexibility index (Phi) is 7.87. The number of thioether (sulfide) groups is 1. The summed E-state index contributed by atoms with van der Waals surface area (Å²) in [7, 11) is 0. The predicted molar refractivity (Wildman–Crippen MR) is 163 cm³/mol. The van der Waals surface area contributed by atoms with Gasteiger partial charge in [0, 0.05) is 54.4 Å². The lowest BCUT2D eigenvalue weighted by molar-refractivity contribution is -0.128. The number of aromatic nitrogens is 3. The first kappa shape index (κ1) is 29.4. The number of nitrogens with one attached hydrogen (secondary N) is 1. The zero-order valence-electron chi connectivity index (χ0n) is 23.0. The molecule has 224 valence electrons. The number of anilines is 1. The van der Waals surface area contributed by atoms with Crippen LogP contribution in [-0.4, -0.2) is 68.3 Å². The van der Waals surface area contributed by atoms with Gasteiger partial charge in [-0.1, -0.05) is 35.5 Å².